The second-order valence-electron chi connectivity index (χ2n) is 11.6. The fourth-order valence-corrected chi connectivity index (χ4v) is 7.92. The maximum absolute atomic E-state index is 11.7. The molecule has 4 N–H and O–H groups in total. The number of morpholine rings is 1. The Hall–Kier alpha value is -2.81. The third-order valence-corrected chi connectivity index (χ3v) is 10.8. The van der Waals surface area contributed by atoms with Gasteiger partial charge in [0.15, 0.2) is 0 Å². The second kappa shape index (κ2) is 12.8. The summed E-state index contributed by atoms with van der Waals surface area (Å²) in [6.07, 6.45) is 8.54. The Kier molecular flexibility index (Phi) is 8.93. The fourth-order valence-electron chi connectivity index (χ4n) is 6.20. The highest BCUT2D eigenvalue weighted by atomic mass is 32.2. The summed E-state index contributed by atoms with van der Waals surface area (Å²) in [5.74, 6) is 7.92. The van der Waals surface area contributed by atoms with Crippen LogP contribution in [-0.2, 0) is 21.2 Å². The zero-order chi connectivity index (χ0) is 29.1. The molecule has 2 saturated carbocycles. The molecule has 2 aromatic carbocycles. The molecule has 0 bridgehead atoms. The number of benzene rings is 2. The highest BCUT2D eigenvalue weighted by molar-refractivity contribution is 7.89. The summed E-state index contributed by atoms with van der Waals surface area (Å²) in [6, 6.07) is 12.4. The highest BCUT2D eigenvalue weighted by Gasteiger charge is 2.28. The van der Waals surface area contributed by atoms with E-state index in [1.165, 1.54) is 79.1 Å². The smallest absolute Gasteiger partial charge is 0.238 e. The van der Waals surface area contributed by atoms with Crippen molar-refractivity contribution in [2.24, 2.45) is 11.1 Å². The van der Waals surface area contributed by atoms with Crippen molar-refractivity contribution in [3.63, 3.8) is 0 Å². The van der Waals surface area contributed by atoms with Crippen LogP contribution in [0.4, 0.5) is 11.4 Å². The summed E-state index contributed by atoms with van der Waals surface area (Å²) in [4.78, 5) is 3.78. The Bertz CT molecular complexity index is 1570. The molecular weight excluding hydrogens is 569 g/mol. The summed E-state index contributed by atoms with van der Waals surface area (Å²) < 4.78 is 35.6. The lowest BCUT2D eigenvalue weighted by molar-refractivity contribution is 0.00791. The van der Waals surface area contributed by atoms with Gasteiger partial charge in [0.2, 0.25) is 10.0 Å². The average Bonchev–Trinajstić information content (AvgIpc) is 3.76. The van der Waals surface area contributed by atoms with E-state index >= 15 is 0 Å². The van der Waals surface area contributed by atoms with Gasteiger partial charge in [-0.25, -0.2) is 13.6 Å². The number of primary sulfonamides is 1. The van der Waals surface area contributed by atoms with Gasteiger partial charge in [-0.05, 0) is 80.0 Å². The highest BCUT2D eigenvalue weighted by Crippen LogP contribution is 2.42. The molecule has 6 rings (SSSR count). The standard InChI is InChI=1S/C32H40N4O4S2/c1-39-30-21-25(42(33,37)38)13-14-28(30)34-15-3-6-31-27(20-22-7-8-22)26-4-2-5-29(32(26)41-31)35-23-9-11-24(12-10-23)36-16-18-40-19-17-36/h2,4-5,13-14,21-24,34-35H,7-12,15-20H2,1H3,(H2,33,37,38). The lowest BCUT2D eigenvalue weighted by Crippen LogP contribution is -2.46. The first kappa shape index (κ1) is 29.3. The molecule has 0 atom stereocenters. The number of anilines is 2. The van der Waals surface area contributed by atoms with Crippen LogP contribution in [0.3, 0.4) is 0 Å². The summed E-state index contributed by atoms with van der Waals surface area (Å²) in [5.41, 5.74) is 3.28. The van der Waals surface area contributed by atoms with Gasteiger partial charge in [-0.2, -0.15) is 0 Å². The molecule has 0 spiro atoms. The number of ether oxygens (including phenoxy) is 2. The maximum atomic E-state index is 11.7. The molecule has 1 saturated heterocycles. The molecule has 8 nitrogen and oxygen atoms in total. The van der Waals surface area contributed by atoms with E-state index < -0.39 is 10.0 Å². The third kappa shape index (κ3) is 6.87. The zero-order valence-corrected chi connectivity index (χ0v) is 25.8. The van der Waals surface area contributed by atoms with Gasteiger partial charge < -0.3 is 20.1 Å². The molecule has 2 aliphatic carbocycles. The molecule has 0 radical (unpaired) electrons. The number of sulfonamides is 1. The molecule has 3 aromatic rings. The quantitative estimate of drug-likeness (QED) is 0.293. The second-order valence-corrected chi connectivity index (χ2v) is 14.2. The van der Waals surface area contributed by atoms with Crippen LogP contribution in [0.25, 0.3) is 10.1 Å². The van der Waals surface area contributed by atoms with E-state index in [4.69, 9.17) is 14.6 Å². The molecule has 3 aliphatic rings. The number of hydrogen-bond donors (Lipinski definition) is 3. The topological polar surface area (TPSA) is 106 Å². The van der Waals surface area contributed by atoms with E-state index in [2.05, 4.69) is 45.6 Å². The molecule has 42 heavy (non-hydrogen) atoms. The van der Waals surface area contributed by atoms with Gasteiger partial charge >= 0.3 is 0 Å². The minimum Gasteiger partial charge on any atom is -0.495 e. The molecule has 3 fully saturated rings. The molecule has 0 unspecified atom stereocenters. The lowest BCUT2D eigenvalue weighted by Gasteiger charge is -2.39. The predicted octanol–water partition coefficient (Wildman–Crippen LogP) is 5.03. The van der Waals surface area contributed by atoms with E-state index in [1.807, 2.05) is 0 Å². The SMILES string of the molecule is COc1cc(S(N)(=O)=O)ccc1NCC#Cc1sc2c(NC3CCC(N4CCOCC4)CC3)cccc2c1CC1CC1. The Morgan fingerprint density at radius 1 is 1.07 bits per heavy atom. The average molecular weight is 609 g/mol. The van der Waals surface area contributed by atoms with Gasteiger partial charge in [0.1, 0.15) is 5.75 Å². The van der Waals surface area contributed by atoms with Crippen molar-refractivity contribution in [2.45, 2.75) is 61.9 Å². The molecule has 10 heteroatoms. The Balaban J connectivity index is 1.16. The normalized spacial score (nSPS) is 21.5. The van der Waals surface area contributed by atoms with Crippen molar-refractivity contribution in [1.29, 1.82) is 0 Å². The van der Waals surface area contributed by atoms with E-state index in [1.54, 1.807) is 17.4 Å². The molecule has 1 aromatic heterocycles. The molecule has 2 heterocycles. The Morgan fingerprint density at radius 2 is 1.86 bits per heavy atom. The van der Waals surface area contributed by atoms with Crippen LogP contribution in [0.5, 0.6) is 5.75 Å². The number of fused-ring (bicyclic) bond motifs is 1. The Morgan fingerprint density at radius 3 is 2.57 bits per heavy atom. The van der Waals surface area contributed by atoms with Crippen LogP contribution < -0.4 is 20.5 Å². The number of rotatable bonds is 9. The monoisotopic (exact) mass is 608 g/mol. The van der Waals surface area contributed by atoms with Gasteiger partial charge in [0.25, 0.3) is 0 Å². The lowest BCUT2D eigenvalue weighted by atomic mass is 9.89. The van der Waals surface area contributed by atoms with Crippen molar-refractivity contribution in [2.75, 3.05) is 50.6 Å². The van der Waals surface area contributed by atoms with Crippen LogP contribution >= 0.6 is 11.3 Å². The van der Waals surface area contributed by atoms with Crippen molar-refractivity contribution < 1.29 is 17.9 Å². The predicted molar refractivity (Wildman–Crippen MR) is 170 cm³/mol. The first-order valence-corrected chi connectivity index (χ1v) is 17.3. The van der Waals surface area contributed by atoms with E-state index in [-0.39, 0.29) is 4.90 Å². The minimum absolute atomic E-state index is 0.0144. The number of nitrogens with zero attached hydrogens (tertiary/aromatic N) is 1. The van der Waals surface area contributed by atoms with Crippen LogP contribution in [0.15, 0.2) is 41.3 Å². The van der Waals surface area contributed by atoms with Gasteiger partial charge in [-0.3, -0.25) is 4.90 Å². The van der Waals surface area contributed by atoms with E-state index in [0.717, 1.165) is 43.5 Å². The number of thiophene rings is 1. The van der Waals surface area contributed by atoms with Gasteiger partial charge in [0.05, 0.1) is 52.7 Å². The van der Waals surface area contributed by atoms with Crippen LogP contribution in [-0.4, -0.2) is 65.4 Å². The summed E-state index contributed by atoms with van der Waals surface area (Å²) >= 11 is 1.80. The molecule has 224 valence electrons. The van der Waals surface area contributed by atoms with Crippen LogP contribution in [0.2, 0.25) is 0 Å². The van der Waals surface area contributed by atoms with Crippen molar-refractivity contribution in [1.82, 2.24) is 4.90 Å². The molecule has 1 aliphatic heterocycles. The number of methoxy groups -OCH3 is 1. The number of nitrogens with two attached hydrogens (primary N) is 1. The molecule has 0 amide bonds. The summed E-state index contributed by atoms with van der Waals surface area (Å²) in [7, 11) is -2.30. The molecular formula is C32H40N4O4S2. The van der Waals surface area contributed by atoms with Crippen LogP contribution in [0, 0.1) is 17.8 Å². The van der Waals surface area contributed by atoms with Crippen molar-refractivity contribution >= 4 is 42.8 Å². The van der Waals surface area contributed by atoms with E-state index in [0.29, 0.717) is 30.1 Å². The number of hydrogen-bond acceptors (Lipinski definition) is 8. The first-order chi connectivity index (χ1) is 20.4. The zero-order valence-electron chi connectivity index (χ0n) is 24.2. The van der Waals surface area contributed by atoms with Gasteiger partial charge in [-0.15, -0.1) is 11.3 Å². The van der Waals surface area contributed by atoms with Gasteiger partial charge in [-0.1, -0.05) is 24.0 Å². The minimum atomic E-state index is -3.80. The Labute approximate surface area is 253 Å². The third-order valence-electron chi connectivity index (χ3n) is 8.70. The maximum Gasteiger partial charge on any atom is 0.238 e. The summed E-state index contributed by atoms with van der Waals surface area (Å²) in [6.45, 7) is 4.27. The summed E-state index contributed by atoms with van der Waals surface area (Å²) in [5, 5.41) is 13.8. The fraction of sp³-hybridized carbons (Fsp3) is 0.500. The van der Waals surface area contributed by atoms with Gasteiger partial charge in [0, 0.05) is 31.2 Å². The van der Waals surface area contributed by atoms with Crippen LogP contribution in [0.1, 0.15) is 49.0 Å². The van der Waals surface area contributed by atoms with Crippen molar-refractivity contribution in [3.05, 3.63) is 46.8 Å². The largest absolute Gasteiger partial charge is 0.495 e. The van der Waals surface area contributed by atoms with Crippen molar-refractivity contribution in [3.8, 4) is 17.6 Å². The number of nitrogens with one attached hydrogen (secondary N) is 2. The van der Waals surface area contributed by atoms with E-state index in [9.17, 15) is 8.42 Å². The first-order valence-electron chi connectivity index (χ1n) is 15.0.